The zero-order chi connectivity index (χ0) is 14.4. The van der Waals surface area contributed by atoms with Crippen LogP contribution in [-0.4, -0.2) is 41.0 Å². The van der Waals surface area contributed by atoms with Crippen LogP contribution >= 0.6 is 15.9 Å². The summed E-state index contributed by atoms with van der Waals surface area (Å²) in [7, 11) is 1.65. The number of carbonyl (C=O) groups excluding carboxylic acids is 1. The fourth-order valence-corrected chi connectivity index (χ4v) is 2.37. The number of carbonyl (C=O) groups is 1. The maximum atomic E-state index is 12.2. The maximum Gasteiger partial charge on any atom is 0.253 e. The fourth-order valence-electron chi connectivity index (χ4n) is 1.88. The highest BCUT2D eigenvalue weighted by Gasteiger charge is 2.11. The van der Waals surface area contributed by atoms with E-state index < -0.39 is 0 Å². The van der Waals surface area contributed by atoms with Crippen molar-refractivity contribution in [3.8, 4) is 0 Å². The fraction of sp³-hybridized carbons (Fsp3) is 0.357. The first-order valence-corrected chi connectivity index (χ1v) is 7.25. The Bertz CT molecular complexity index is 586. The van der Waals surface area contributed by atoms with E-state index in [9.17, 15) is 4.79 Å². The molecule has 0 spiro atoms. The number of rotatable bonds is 6. The van der Waals surface area contributed by atoms with Crippen molar-refractivity contribution in [2.24, 2.45) is 0 Å². The first-order valence-electron chi connectivity index (χ1n) is 6.33. The number of hydrogen-bond acceptors (Lipinski definition) is 4. The molecular formula is C14H16BrN3O2. The molecule has 0 fully saturated rings. The van der Waals surface area contributed by atoms with E-state index in [-0.39, 0.29) is 10.7 Å². The number of ether oxygens (including phenoxy) is 1. The van der Waals surface area contributed by atoms with Crippen molar-refractivity contribution < 1.29 is 9.53 Å². The van der Waals surface area contributed by atoms with E-state index in [2.05, 4.69) is 31.2 Å². The Hall–Kier alpha value is -1.53. The molecule has 1 heterocycles. The van der Waals surface area contributed by atoms with Gasteiger partial charge in [-0.1, -0.05) is 22.0 Å². The van der Waals surface area contributed by atoms with Gasteiger partial charge in [0.2, 0.25) is 0 Å². The van der Waals surface area contributed by atoms with Gasteiger partial charge in [0.15, 0.2) is 0 Å². The molecule has 2 rings (SSSR count). The second-order valence-electron chi connectivity index (χ2n) is 4.33. The van der Waals surface area contributed by atoms with Gasteiger partial charge in [-0.2, -0.15) is 0 Å². The highest BCUT2D eigenvalue weighted by atomic mass is 79.9. The third-order valence-electron chi connectivity index (χ3n) is 2.83. The molecule has 20 heavy (non-hydrogen) atoms. The Morgan fingerprint density at radius 2 is 2.20 bits per heavy atom. The first-order chi connectivity index (χ1) is 9.72. The lowest BCUT2D eigenvalue weighted by Crippen LogP contribution is -2.27. The van der Waals surface area contributed by atoms with Crippen molar-refractivity contribution in [1.82, 2.24) is 15.3 Å². The molecule has 0 bridgehead atoms. The lowest BCUT2D eigenvalue weighted by molar-refractivity contribution is 0.0953. The van der Waals surface area contributed by atoms with Gasteiger partial charge in [-0.25, -0.2) is 0 Å². The third kappa shape index (κ3) is 3.74. The molecule has 1 amide bonds. The molecular weight excluding hydrogens is 322 g/mol. The average molecular weight is 338 g/mol. The van der Waals surface area contributed by atoms with E-state index in [1.54, 1.807) is 25.6 Å². The molecule has 6 heteroatoms. The molecule has 0 aliphatic heterocycles. The molecule has 2 aromatic rings. The van der Waals surface area contributed by atoms with Gasteiger partial charge in [-0.05, 0) is 18.6 Å². The molecule has 1 unspecified atom stereocenters. The molecule has 1 atom stereocenters. The number of hydrogen-bond donors (Lipinski definition) is 1. The quantitative estimate of drug-likeness (QED) is 0.820. The molecule has 0 aliphatic rings. The van der Waals surface area contributed by atoms with Crippen LogP contribution in [0.4, 0.5) is 0 Å². The first kappa shape index (κ1) is 14.9. The van der Waals surface area contributed by atoms with Crippen molar-refractivity contribution in [2.75, 3.05) is 20.3 Å². The van der Waals surface area contributed by atoms with Gasteiger partial charge in [-0.3, -0.25) is 14.8 Å². The van der Waals surface area contributed by atoms with E-state index in [0.29, 0.717) is 24.2 Å². The number of nitrogens with one attached hydrogen (secondary N) is 1. The summed E-state index contributed by atoms with van der Waals surface area (Å²) in [6, 6.07) is 5.41. The summed E-state index contributed by atoms with van der Waals surface area (Å²) in [5.41, 5.74) is 1.89. The summed E-state index contributed by atoms with van der Waals surface area (Å²) in [6.45, 7) is 1.20. The van der Waals surface area contributed by atoms with Gasteiger partial charge in [0.25, 0.3) is 5.91 Å². The number of alkyl halides is 1. The van der Waals surface area contributed by atoms with Crippen molar-refractivity contribution in [2.45, 2.75) is 11.2 Å². The number of fused-ring (bicyclic) bond motifs is 1. The smallest absolute Gasteiger partial charge is 0.253 e. The van der Waals surface area contributed by atoms with Gasteiger partial charge < -0.3 is 10.1 Å². The number of aromatic nitrogens is 2. The number of para-hydroxylation sites is 1. The SMILES string of the molecule is COCC(Br)CCNC(=O)c1cccc2nccnc12. The minimum absolute atomic E-state index is 0.131. The minimum Gasteiger partial charge on any atom is -0.384 e. The second-order valence-corrected chi connectivity index (χ2v) is 5.62. The lowest BCUT2D eigenvalue weighted by Gasteiger charge is -2.10. The molecule has 0 saturated heterocycles. The average Bonchev–Trinajstić information content (AvgIpc) is 2.47. The summed E-state index contributed by atoms with van der Waals surface area (Å²) in [5.74, 6) is -0.131. The zero-order valence-corrected chi connectivity index (χ0v) is 12.8. The molecule has 1 N–H and O–H groups in total. The number of nitrogens with zero attached hydrogens (tertiary/aromatic N) is 2. The normalized spacial score (nSPS) is 12.3. The summed E-state index contributed by atoms with van der Waals surface area (Å²) < 4.78 is 5.03. The van der Waals surface area contributed by atoms with E-state index in [0.717, 1.165) is 11.9 Å². The highest BCUT2D eigenvalue weighted by molar-refractivity contribution is 9.09. The van der Waals surface area contributed by atoms with Crippen LogP contribution in [0.15, 0.2) is 30.6 Å². The Balaban J connectivity index is 2.01. The Kier molecular flexibility index (Phi) is 5.43. The summed E-state index contributed by atoms with van der Waals surface area (Å²) in [5, 5.41) is 2.89. The zero-order valence-electron chi connectivity index (χ0n) is 11.2. The summed E-state index contributed by atoms with van der Waals surface area (Å²) in [4.78, 5) is 20.8. The van der Waals surface area contributed by atoms with Gasteiger partial charge in [0.05, 0.1) is 17.7 Å². The van der Waals surface area contributed by atoms with Crippen LogP contribution in [0.2, 0.25) is 0 Å². The summed E-state index contributed by atoms with van der Waals surface area (Å²) in [6.07, 6.45) is 4.01. The highest BCUT2D eigenvalue weighted by Crippen LogP contribution is 2.13. The topological polar surface area (TPSA) is 64.1 Å². The Labute approximate surface area is 125 Å². The monoisotopic (exact) mass is 337 g/mol. The number of halogens is 1. The van der Waals surface area contributed by atoms with Crippen LogP contribution < -0.4 is 5.32 Å². The lowest BCUT2D eigenvalue weighted by atomic mass is 10.1. The van der Waals surface area contributed by atoms with Crippen LogP contribution in [0, 0.1) is 0 Å². The number of amides is 1. The molecule has 0 saturated carbocycles. The van der Waals surface area contributed by atoms with E-state index in [4.69, 9.17) is 4.74 Å². The summed E-state index contributed by atoms with van der Waals surface area (Å²) >= 11 is 3.49. The van der Waals surface area contributed by atoms with Gasteiger partial charge in [-0.15, -0.1) is 0 Å². The van der Waals surface area contributed by atoms with Crippen molar-refractivity contribution in [3.05, 3.63) is 36.2 Å². The van der Waals surface area contributed by atoms with E-state index in [1.165, 1.54) is 0 Å². The predicted molar refractivity (Wildman–Crippen MR) is 81.1 cm³/mol. The Morgan fingerprint density at radius 3 is 3.00 bits per heavy atom. The van der Waals surface area contributed by atoms with Crippen LogP contribution in [0.3, 0.4) is 0 Å². The standard InChI is InChI=1S/C14H16BrN3O2/c1-20-9-10(15)5-6-18-14(19)11-3-2-4-12-13(11)17-8-7-16-12/h2-4,7-8,10H,5-6,9H2,1H3,(H,18,19). The molecule has 106 valence electrons. The minimum atomic E-state index is -0.131. The predicted octanol–water partition coefficient (Wildman–Crippen LogP) is 2.16. The maximum absolute atomic E-state index is 12.2. The van der Waals surface area contributed by atoms with Gasteiger partial charge in [0.1, 0.15) is 5.52 Å². The Morgan fingerprint density at radius 1 is 1.40 bits per heavy atom. The van der Waals surface area contributed by atoms with E-state index in [1.807, 2.05) is 12.1 Å². The van der Waals surface area contributed by atoms with Gasteiger partial charge >= 0.3 is 0 Å². The van der Waals surface area contributed by atoms with Crippen LogP contribution in [0.1, 0.15) is 16.8 Å². The van der Waals surface area contributed by atoms with Gasteiger partial charge in [0, 0.05) is 30.9 Å². The third-order valence-corrected chi connectivity index (χ3v) is 3.56. The largest absolute Gasteiger partial charge is 0.384 e. The molecule has 0 aliphatic carbocycles. The van der Waals surface area contributed by atoms with Crippen LogP contribution in [-0.2, 0) is 4.74 Å². The van der Waals surface area contributed by atoms with Crippen molar-refractivity contribution in [3.63, 3.8) is 0 Å². The molecule has 5 nitrogen and oxygen atoms in total. The van der Waals surface area contributed by atoms with E-state index >= 15 is 0 Å². The molecule has 1 aromatic carbocycles. The molecule has 0 radical (unpaired) electrons. The van der Waals surface area contributed by atoms with Crippen molar-refractivity contribution in [1.29, 1.82) is 0 Å². The molecule has 1 aromatic heterocycles. The van der Waals surface area contributed by atoms with Crippen LogP contribution in [0.25, 0.3) is 11.0 Å². The number of methoxy groups -OCH3 is 1. The number of benzene rings is 1. The van der Waals surface area contributed by atoms with Crippen LogP contribution in [0.5, 0.6) is 0 Å². The second kappa shape index (κ2) is 7.31. The van der Waals surface area contributed by atoms with Crippen molar-refractivity contribution >= 4 is 32.9 Å².